The fourth-order valence-corrected chi connectivity index (χ4v) is 1.92. The molecule has 1 aliphatic rings. The van der Waals surface area contributed by atoms with Gasteiger partial charge >= 0.3 is 6.03 Å². The normalized spacial score (nSPS) is 23.7. The summed E-state index contributed by atoms with van der Waals surface area (Å²) in [7, 11) is 0. The van der Waals surface area contributed by atoms with E-state index in [2.05, 4.69) is 12.2 Å². The van der Waals surface area contributed by atoms with Crippen LogP contribution in [0, 0.1) is 5.92 Å². The van der Waals surface area contributed by atoms with Crippen molar-refractivity contribution in [1.82, 2.24) is 10.2 Å². The highest BCUT2D eigenvalue weighted by Crippen LogP contribution is 2.15. The maximum Gasteiger partial charge on any atom is 0.317 e. The summed E-state index contributed by atoms with van der Waals surface area (Å²) >= 11 is 0. The van der Waals surface area contributed by atoms with Crippen LogP contribution in [0.25, 0.3) is 0 Å². The van der Waals surface area contributed by atoms with E-state index in [1.165, 1.54) is 6.42 Å². The van der Waals surface area contributed by atoms with Crippen LogP contribution < -0.4 is 5.32 Å². The molecule has 2 N–H and O–H groups in total. The second-order valence-electron chi connectivity index (χ2n) is 4.43. The van der Waals surface area contributed by atoms with Crippen molar-refractivity contribution in [2.24, 2.45) is 5.92 Å². The third-order valence-electron chi connectivity index (χ3n) is 2.99. The number of urea groups is 1. The van der Waals surface area contributed by atoms with Crippen molar-refractivity contribution in [3.63, 3.8) is 0 Å². The molecule has 0 aromatic heterocycles. The molecule has 2 amide bonds. The standard InChI is InChI=1S/C11H22N2O2/c1-3-10(8-14)12-11(15)13-6-4-5-9(2)7-13/h9-10,14H,3-8H2,1-2H3,(H,12,15)/t9?,10-/m1/s1. The summed E-state index contributed by atoms with van der Waals surface area (Å²) in [5.74, 6) is 0.596. The Kier molecular flexibility index (Phi) is 4.88. The van der Waals surface area contributed by atoms with Crippen LogP contribution in [0.4, 0.5) is 4.79 Å². The molecule has 0 aliphatic carbocycles. The quantitative estimate of drug-likeness (QED) is 0.741. The van der Waals surface area contributed by atoms with Crippen LogP contribution in [0.3, 0.4) is 0 Å². The lowest BCUT2D eigenvalue weighted by Crippen LogP contribution is -2.49. The molecule has 0 bridgehead atoms. The van der Waals surface area contributed by atoms with Crippen LogP contribution in [0.1, 0.15) is 33.1 Å². The fraction of sp³-hybridized carbons (Fsp3) is 0.909. The van der Waals surface area contributed by atoms with Crippen molar-refractivity contribution in [1.29, 1.82) is 0 Å². The van der Waals surface area contributed by atoms with Crippen molar-refractivity contribution in [3.8, 4) is 0 Å². The maximum atomic E-state index is 11.8. The Balaban J connectivity index is 2.38. The Hall–Kier alpha value is -0.770. The van der Waals surface area contributed by atoms with Crippen molar-refractivity contribution >= 4 is 6.03 Å². The van der Waals surface area contributed by atoms with E-state index in [1.807, 2.05) is 11.8 Å². The molecule has 1 aliphatic heterocycles. The SMILES string of the molecule is CC[C@H](CO)NC(=O)N1CCCC(C)C1. The lowest BCUT2D eigenvalue weighted by Gasteiger charge is -2.32. The van der Waals surface area contributed by atoms with Gasteiger partial charge in [-0.05, 0) is 25.2 Å². The van der Waals surface area contributed by atoms with Crippen molar-refractivity contribution in [2.45, 2.75) is 39.2 Å². The van der Waals surface area contributed by atoms with Crippen LogP contribution in [0.15, 0.2) is 0 Å². The second-order valence-corrected chi connectivity index (χ2v) is 4.43. The maximum absolute atomic E-state index is 11.8. The third-order valence-corrected chi connectivity index (χ3v) is 2.99. The summed E-state index contributed by atoms with van der Waals surface area (Å²) in [4.78, 5) is 13.6. The van der Waals surface area contributed by atoms with E-state index >= 15 is 0 Å². The van der Waals surface area contributed by atoms with Gasteiger partial charge in [0.25, 0.3) is 0 Å². The number of aliphatic hydroxyl groups is 1. The minimum Gasteiger partial charge on any atom is -0.394 e. The van der Waals surface area contributed by atoms with Gasteiger partial charge in [0.2, 0.25) is 0 Å². The molecule has 2 atom stereocenters. The molecule has 15 heavy (non-hydrogen) atoms. The van der Waals surface area contributed by atoms with Crippen LogP contribution in [0.5, 0.6) is 0 Å². The Morgan fingerprint density at radius 3 is 2.93 bits per heavy atom. The Labute approximate surface area is 91.6 Å². The monoisotopic (exact) mass is 214 g/mol. The van der Waals surface area contributed by atoms with E-state index in [0.717, 1.165) is 25.9 Å². The molecule has 88 valence electrons. The lowest BCUT2D eigenvalue weighted by atomic mass is 10.0. The first-order valence-corrected chi connectivity index (χ1v) is 5.83. The van der Waals surface area contributed by atoms with E-state index in [1.54, 1.807) is 0 Å². The molecular formula is C11H22N2O2. The Bertz CT molecular complexity index is 205. The van der Waals surface area contributed by atoms with Gasteiger partial charge in [0.1, 0.15) is 0 Å². The average molecular weight is 214 g/mol. The Morgan fingerprint density at radius 2 is 2.40 bits per heavy atom. The first kappa shape index (κ1) is 12.3. The number of rotatable bonds is 3. The predicted octanol–water partition coefficient (Wildman–Crippen LogP) is 1.20. The second kappa shape index (κ2) is 5.95. The van der Waals surface area contributed by atoms with Gasteiger partial charge in [0, 0.05) is 13.1 Å². The molecule has 0 spiro atoms. The molecule has 1 saturated heterocycles. The molecule has 0 saturated carbocycles. The van der Waals surface area contributed by atoms with E-state index in [4.69, 9.17) is 5.11 Å². The first-order valence-electron chi connectivity index (χ1n) is 5.83. The summed E-state index contributed by atoms with van der Waals surface area (Å²) in [5.41, 5.74) is 0. The highest BCUT2D eigenvalue weighted by molar-refractivity contribution is 5.74. The minimum atomic E-state index is -0.102. The minimum absolute atomic E-state index is 0.0195. The van der Waals surface area contributed by atoms with Crippen LogP contribution in [0.2, 0.25) is 0 Å². The summed E-state index contributed by atoms with van der Waals surface area (Å²) in [6.45, 7) is 5.83. The number of likely N-dealkylation sites (tertiary alicyclic amines) is 1. The first-order chi connectivity index (χ1) is 7.17. The van der Waals surface area contributed by atoms with Crippen LogP contribution in [-0.4, -0.2) is 41.8 Å². The van der Waals surface area contributed by atoms with Gasteiger partial charge in [-0.2, -0.15) is 0 Å². The zero-order valence-corrected chi connectivity index (χ0v) is 9.70. The third kappa shape index (κ3) is 3.70. The number of hydrogen-bond acceptors (Lipinski definition) is 2. The smallest absolute Gasteiger partial charge is 0.317 e. The van der Waals surface area contributed by atoms with E-state index in [-0.39, 0.29) is 18.7 Å². The molecule has 1 unspecified atom stereocenters. The summed E-state index contributed by atoms with van der Waals surface area (Å²) in [6, 6.07) is -0.128. The number of nitrogens with zero attached hydrogens (tertiary/aromatic N) is 1. The lowest BCUT2D eigenvalue weighted by molar-refractivity contribution is 0.158. The fourth-order valence-electron chi connectivity index (χ4n) is 1.92. The number of hydrogen-bond donors (Lipinski definition) is 2. The van der Waals surface area contributed by atoms with Gasteiger partial charge in [0.15, 0.2) is 0 Å². The summed E-state index contributed by atoms with van der Waals surface area (Å²) < 4.78 is 0. The molecule has 0 radical (unpaired) electrons. The van der Waals surface area contributed by atoms with Gasteiger partial charge in [-0.25, -0.2) is 4.79 Å². The van der Waals surface area contributed by atoms with Gasteiger partial charge in [0.05, 0.1) is 12.6 Å². The number of nitrogens with one attached hydrogen (secondary N) is 1. The molecule has 1 heterocycles. The molecule has 0 aromatic carbocycles. The van der Waals surface area contributed by atoms with Gasteiger partial charge in [-0.1, -0.05) is 13.8 Å². The number of carbonyl (C=O) groups excluding carboxylic acids is 1. The van der Waals surface area contributed by atoms with E-state index < -0.39 is 0 Å². The Morgan fingerprint density at radius 1 is 1.67 bits per heavy atom. The molecule has 1 fully saturated rings. The van der Waals surface area contributed by atoms with Crippen LogP contribution >= 0.6 is 0 Å². The van der Waals surface area contributed by atoms with Crippen molar-refractivity contribution in [2.75, 3.05) is 19.7 Å². The molecule has 4 heteroatoms. The highest BCUT2D eigenvalue weighted by Gasteiger charge is 2.21. The number of amides is 2. The zero-order valence-electron chi connectivity index (χ0n) is 9.70. The molecule has 1 rings (SSSR count). The van der Waals surface area contributed by atoms with Crippen molar-refractivity contribution < 1.29 is 9.90 Å². The molecular weight excluding hydrogens is 192 g/mol. The largest absolute Gasteiger partial charge is 0.394 e. The molecule has 0 aromatic rings. The van der Waals surface area contributed by atoms with Gasteiger partial charge in [-0.15, -0.1) is 0 Å². The highest BCUT2D eigenvalue weighted by atomic mass is 16.3. The number of aliphatic hydroxyl groups excluding tert-OH is 1. The van der Waals surface area contributed by atoms with Gasteiger partial charge in [-0.3, -0.25) is 0 Å². The average Bonchev–Trinajstić information content (AvgIpc) is 2.25. The van der Waals surface area contributed by atoms with E-state index in [9.17, 15) is 4.79 Å². The van der Waals surface area contributed by atoms with E-state index in [0.29, 0.717) is 5.92 Å². The summed E-state index contributed by atoms with van der Waals surface area (Å²) in [5, 5.41) is 11.8. The topological polar surface area (TPSA) is 52.6 Å². The van der Waals surface area contributed by atoms with Gasteiger partial charge < -0.3 is 15.3 Å². The number of carbonyl (C=O) groups is 1. The van der Waals surface area contributed by atoms with Crippen molar-refractivity contribution in [3.05, 3.63) is 0 Å². The summed E-state index contributed by atoms with van der Waals surface area (Å²) in [6.07, 6.45) is 3.07. The van der Waals surface area contributed by atoms with Crippen LogP contribution in [-0.2, 0) is 0 Å². The number of piperidine rings is 1. The predicted molar refractivity (Wildman–Crippen MR) is 59.7 cm³/mol. The zero-order chi connectivity index (χ0) is 11.3. The molecule has 4 nitrogen and oxygen atoms in total.